The molecule has 0 unspecified atom stereocenters. The Labute approximate surface area is 88.7 Å². The Kier molecular flexibility index (Phi) is 2.69. The Morgan fingerprint density at radius 3 is 2.73 bits per heavy atom. The summed E-state index contributed by atoms with van der Waals surface area (Å²) in [5.41, 5.74) is 7.77. The van der Waals surface area contributed by atoms with Crippen LogP contribution in [-0.2, 0) is 6.54 Å². The van der Waals surface area contributed by atoms with E-state index in [0.717, 1.165) is 17.9 Å². The quantitative estimate of drug-likeness (QED) is 0.785. The van der Waals surface area contributed by atoms with E-state index < -0.39 is 0 Å². The van der Waals surface area contributed by atoms with Gasteiger partial charge in [-0.1, -0.05) is 18.2 Å². The van der Waals surface area contributed by atoms with E-state index in [1.807, 2.05) is 48.1 Å². The van der Waals surface area contributed by atoms with Crippen molar-refractivity contribution >= 4 is 5.82 Å². The molecule has 1 aromatic carbocycles. The Morgan fingerprint density at radius 2 is 2.07 bits per heavy atom. The molecule has 0 aliphatic rings. The summed E-state index contributed by atoms with van der Waals surface area (Å²) in [6.45, 7) is 0.749. The molecule has 2 aromatic rings. The smallest absolute Gasteiger partial charge is 0.146 e. The van der Waals surface area contributed by atoms with Crippen molar-refractivity contribution in [3.63, 3.8) is 0 Å². The van der Waals surface area contributed by atoms with Crippen LogP contribution in [0.4, 0.5) is 5.82 Å². The van der Waals surface area contributed by atoms with Gasteiger partial charge in [-0.05, 0) is 19.2 Å². The van der Waals surface area contributed by atoms with Gasteiger partial charge < -0.3 is 11.1 Å². The number of nitrogen functional groups attached to an aromatic ring is 1. The van der Waals surface area contributed by atoms with Gasteiger partial charge in [0.25, 0.3) is 0 Å². The Bertz CT molecular complexity index is 433. The van der Waals surface area contributed by atoms with Crippen molar-refractivity contribution < 1.29 is 0 Å². The molecule has 0 aliphatic heterocycles. The number of para-hydroxylation sites is 1. The minimum Gasteiger partial charge on any atom is -0.382 e. The molecule has 1 aromatic heterocycles. The number of hydrogen-bond donors (Lipinski definition) is 2. The third-order valence-corrected chi connectivity index (χ3v) is 2.16. The summed E-state index contributed by atoms with van der Waals surface area (Å²) in [6, 6.07) is 11.8. The minimum absolute atomic E-state index is 0.545. The highest BCUT2D eigenvalue weighted by atomic mass is 15.3. The summed E-state index contributed by atoms with van der Waals surface area (Å²) in [6.07, 6.45) is 0. The lowest BCUT2D eigenvalue weighted by Crippen LogP contribution is -2.10. The highest BCUT2D eigenvalue weighted by Gasteiger charge is 2.06. The largest absolute Gasteiger partial charge is 0.382 e. The number of anilines is 1. The van der Waals surface area contributed by atoms with Crippen LogP contribution in [0.15, 0.2) is 36.4 Å². The van der Waals surface area contributed by atoms with Crippen molar-refractivity contribution in [3.05, 3.63) is 42.1 Å². The molecule has 2 rings (SSSR count). The number of hydrogen-bond acceptors (Lipinski definition) is 3. The van der Waals surface area contributed by atoms with Crippen molar-refractivity contribution in [2.24, 2.45) is 0 Å². The Balaban J connectivity index is 2.43. The highest BCUT2D eigenvalue weighted by Crippen LogP contribution is 2.13. The van der Waals surface area contributed by atoms with Crippen molar-refractivity contribution in [2.45, 2.75) is 6.54 Å². The molecule has 78 valence electrons. The maximum Gasteiger partial charge on any atom is 0.146 e. The lowest BCUT2D eigenvalue weighted by molar-refractivity contribution is 0.730. The first-order chi connectivity index (χ1) is 7.31. The first kappa shape index (κ1) is 9.73. The molecule has 0 spiro atoms. The molecule has 0 saturated heterocycles. The topological polar surface area (TPSA) is 55.9 Å². The molecule has 0 amide bonds. The number of nitrogens with zero attached hydrogens (tertiary/aromatic N) is 2. The van der Waals surface area contributed by atoms with Gasteiger partial charge in [0.1, 0.15) is 5.82 Å². The van der Waals surface area contributed by atoms with Gasteiger partial charge in [0.05, 0.1) is 11.4 Å². The third-order valence-electron chi connectivity index (χ3n) is 2.16. The zero-order chi connectivity index (χ0) is 10.7. The molecule has 3 N–H and O–H groups in total. The van der Waals surface area contributed by atoms with E-state index in [4.69, 9.17) is 5.73 Å². The summed E-state index contributed by atoms with van der Waals surface area (Å²) in [4.78, 5) is 0. The summed E-state index contributed by atoms with van der Waals surface area (Å²) >= 11 is 0. The number of aromatic nitrogens is 2. The van der Waals surface area contributed by atoms with Gasteiger partial charge >= 0.3 is 0 Å². The summed E-state index contributed by atoms with van der Waals surface area (Å²) < 4.78 is 1.85. The number of rotatable bonds is 3. The van der Waals surface area contributed by atoms with Gasteiger partial charge in [-0.15, -0.1) is 0 Å². The summed E-state index contributed by atoms with van der Waals surface area (Å²) in [5.74, 6) is 0.545. The molecule has 0 saturated carbocycles. The molecule has 0 radical (unpaired) electrons. The average molecular weight is 202 g/mol. The molecule has 0 atom stereocenters. The van der Waals surface area contributed by atoms with E-state index in [1.54, 1.807) is 0 Å². The van der Waals surface area contributed by atoms with Crippen LogP contribution in [-0.4, -0.2) is 16.8 Å². The predicted molar refractivity (Wildman–Crippen MR) is 60.7 cm³/mol. The van der Waals surface area contributed by atoms with Crippen molar-refractivity contribution in [2.75, 3.05) is 12.8 Å². The SMILES string of the molecule is CNCc1cc(N)nn1-c1ccccc1. The van der Waals surface area contributed by atoms with E-state index in [0.29, 0.717) is 5.82 Å². The number of benzene rings is 1. The van der Waals surface area contributed by atoms with Crippen LogP contribution in [0.1, 0.15) is 5.69 Å². The minimum atomic E-state index is 0.545. The fraction of sp³-hybridized carbons (Fsp3) is 0.182. The molecule has 4 nitrogen and oxygen atoms in total. The molecule has 0 bridgehead atoms. The van der Waals surface area contributed by atoms with Gasteiger partial charge in [-0.2, -0.15) is 5.10 Å². The second-order valence-corrected chi connectivity index (χ2v) is 3.34. The van der Waals surface area contributed by atoms with Crippen LogP contribution < -0.4 is 11.1 Å². The third kappa shape index (κ3) is 1.99. The summed E-state index contributed by atoms with van der Waals surface area (Å²) in [5, 5.41) is 7.35. The van der Waals surface area contributed by atoms with Crippen LogP contribution in [0.25, 0.3) is 5.69 Å². The van der Waals surface area contributed by atoms with Gasteiger partial charge in [0.15, 0.2) is 0 Å². The van der Waals surface area contributed by atoms with Gasteiger partial charge in [0.2, 0.25) is 0 Å². The van der Waals surface area contributed by atoms with Crippen molar-refractivity contribution in [1.82, 2.24) is 15.1 Å². The van der Waals surface area contributed by atoms with Gasteiger partial charge in [-0.3, -0.25) is 0 Å². The molecule has 0 aliphatic carbocycles. The average Bonchev–Trinajstić information content (AvgIpc) is 2.62. The predicted octanol–water partition coefficient (Wildman–Crippen LogP) is 1.17. The first-order valence-corrected chi connectivity index (χ1v) is 4.85. The lowest BCUT2D eigenvalue weighted by Gasteiger charge is -2.05. The molecular weight excluding hydrogens is 188 g/mol. The zero-order valence-electron chi connectivity index (χ0n) is 8.64. The van der Waals surface area contributed by atoms with E-state index in [9.17, 15) is 0 Å². The van der Waals surface area contributed by atoms with Crippen LogP contribution in [0, 0.1) is 0 Å². The highest BCUT2D eigenvalue weighted by molar-refractivity contribution is 5.38. The Hall–Kier alpha value is -1.81. The normalized spacial score (nSPS) is 10.5. The monoisotopic (exact) mass is 202 g/mol. The van der Waals surface area contributed by atoms with Gasteiger partial charge in [-0.25, -0.2) is 4.68 Å². The van der Waals surface area contributed by atoms with E-state index in [1.165, 1.54) is 0 Å². The van der Waals surface area contributed by atoms with Crippen LogP contribution in [0.3, 0.4) is 0 Å². The number of nitrogens with two attached hydrogens (primary N) is 1. The lowest BCUT2D eigenvalue weighted by atomic mass is 10.3. The maximum absolute atomic E-state index is 5.69. The second kappa shape index (κ2) is 4.14. The van der Waals surface area contributed by atoms with E-state index in [-0.39, 0.29) is 0 Å². The first-order valence-electron chi connectivity index (χ1n) is 4.85. The molecular formula is C11H14N4. The molecule has 4 heteroatoms. The maximum atomic E-state index is 5.69. The molecule has 1 heterocycles. The molecule has 15 heavy (non-hydrogen) atoms. The van der Waals surface area contributed by atoms with Gasteiger partial charge in [0, 0.05) is 12.6 Å². The molecule has 0 fully saturated rings. The van der Waals surface area contributed by atoms with Crippen molar-refractivity contribution in [3.8, 4) is 5.69 Å². The summed E-state index contributed by atoms with van der Waals surface area (Å²) in [7, 11) is 1.90. The fourth-order valence-corrected chi connectivity index (χ4v) is 1.54. The number of nitrogens with one attached hydrogen (secondary N) is 1. The second-order valence-electron chi connectivity index (χ2n) is 3.34. The van der Waals surface area contributed by atoms with E-state index >= 15 is 0 Å². The fourth-order valence-electron chi connectivity index (χ4n) is 1.54. The van der Waals surface area contributed by atoms with Crippen LogP contribution in [0.2, 0.25) is 0 Å². The van der Waals surface area contributed by atoms with Crippen LogP contribution >= 0.6 is 0 Å². The van der Waals surface area contributed by atoms with E-state index in [2.05, 4.69) is 10.4 Å². The zero-order valence-corrected chi connectivity index (χ0v) is 8.64. The van der Waals surface area contributed by atoms with Crippen LogP contribution in [0.5, 0.6) is 0 Å². The van der Waals surface area contributed by atoms with Crippen molar-refractivity contribution in [1.29, 1.82) is 0 Å². The standard InChI is InChI=1S/C11H14N4/c1-13-8-10-7-11(12)14-15(10)9-5-3-2-4-6-9/h2-7,13H,8H2,1H3,(H2,12,14). The Morgan fingerprint density at radius 1 is 1.33 bits per heavy atom.